The van der Waals surface area contributed by atoms with Crippen molar-refractivity contribution >= 4 is 5.91 Å². The van der Waals surface area contributed by atoms with Crippen molar-refractivity contribution in [2.75, 3.05) is 32.8 Å². The third kappa shape index (κ3) is 5.49. The number of carbonyl (C=O) groups is 1. The van der Waals surface area contributed by atoms with Gasteiger partial charge in [-0.05, 0) is 55.9 Å². The molecule has 1 saturated heterocycles. The summed E-state index contributed by atoms with van der Waals surface area (Å²) in [5.74, 6) is 2.02. The molecular weight excluding hydrogens is 430 g/mol. The van der Waals surface area contributed by atoms with Crippen LogP contribution in [0.15, 0.2) is 29.1 Å². The summed E-state index contributed by atoms with van der Waals surface area (Å²) in [4.78, 5) is 32.5. The van der Waals surface area contributed by atoms with E-state index in [4.69, 9.17) is 4.74 Å². The number of amides is 1. The Bertz CT molecular complexity index is 1020. The van der Waals surface area contributed by atoms with E-state index in [-0.39, 0.29) is 17.9 Å². The van der Waals surface area contributed by atoms with Gasteiger partial charge in [0, 0.05) is 50.6 Å². The number of carbonyl (C=O) groups excluding carboxylic acids is 1. The van der Waals surface area contributed by atoms with E-state index in [9.17, 15) is 9.59 Å². The minimum atomic E-state index is -0.283. The Morgan fingerprint density at radius 1 is 0.971 bits per heavy atom. The molecule has 1 N–H and O–H groups in total. The number of H-pyrrole nitrogens is 1. The first-order valence-electron chi connectivity index (χ1n) is 12.9. The summed E-state index contributed by atoms with van der Waals surface area (Å²) in [6, 6.07) is 8.26. The number of hydrogen-bond acceptors (Lipinski definition) is 6. The van der Waals surface area contributed by atoms with Crippen LogP contribution in [0.1, 0.15) is 57.1 Å². The van der Waals surface area contributed by atoms with Gasteiger partial charge in [-0.3, -0.25) is 14.5 Å². The van der Waals surface area contributed by atoms with E-state index in [1.165, 1.54) is 44.9 Å². The number of nitrogens with zero attached hydrogens (tertiary/aromatic N) is 4. The SMILES string of the molecule is O=C(CCc1nnc(-c2ccc(OCC3CCC3)cc2)[nH]c1=O)N1CCN(C2CCCC2)CC1. The van der Waals surface area contributed by atoms with Crippen molar-refractivity contribution in [3.05, 3.63) is 40.3 Å². The number of aromatic amines is 1. The lowest BCUT2D eigenvalue weighted by Gasteiger charge is -2.38. The Balaban J connectivity index is 1.11. The van der Waals surface area contributed by atoms with Gasteiger partial charge in [-0.15, -0.1) is 10.2 Å². The molecule has 34 heavy (non-hydrogen) atoms. The lowest BCUT2D eigenvalue weighted by Crippen LogP contribution is -2.51. The molecule has 8 heteroatoms. The summed E-state index contributed by atoms with van der Waals surface area (Å²) in [7, 11) is 0. The Kier molecular flexibility index (Phi) is 7.23. The van der Waals surface area contributed by atoms with Gasteiger partial charge in [0.25, 0.3) is 5.56 Å². The molecule has 3 fully saturated rings. The molecule has 0 radical (unpaired) electrons. The molecule has 2 aromatic rings. The average Bonchev–Trinajstić information content (AvgIpc) is 3.38. The summed E-state index contributed by atoms with van der Waals surface area (Å²) in [6.45, 7) is 4.22. The van der Waals surface area contributed by atoms with Crippen LogP contribution in [0, 0.1) is 5.92 Å². The third-order valence-corrected chi connectivity index (χ3v) is 7.69. The molecule has 3 aliphatic rings. The summed E-state index contributed by atoms with van der Waals surface area (Å²) >= 11 is 0. The second-order valence-corrected chi connectivity index (χ2v) is 9.94. The van der Waals surface area contributed by atoms with Crippen molar-refractivity contribution in [1.82, 2.24) is 25.0 Å². The summed E-state index contributed by atoms with van der Waals surface area (Å²) in [5, 5.41) is 8.34. The van der Waals surface area contributed by atoms with Gasteiger partial charge in [0.1, 0.15) is 11.4 Å². The number of benzene rings is 1. The minimum absolute atomic E-state index is 0.0915. The van der Waals surface area contributed by atoms with Gasteiger partial charge in [0.05, 0.1) is 6.61 Å². The molecule has 1 aliphatic heterocycles. The Morgan fingerprint density at radius 2 is 1.71 bits per heavy atom. The van der Waals surface area contributed by atoms with Crippen molar-refractivity contribution in [3.8, 4) is 17.1 Å². The lowest BCUT2D eigenvalue weighted by atomic mass is 9.86. The van der Waals surface area contributed by atoms with E-state index in [1.807, 2.05) is 29.2 Å². The van der Waals surface area contributed by atoms with Crippen LogP contribution in [-0.4, -0.2) is 69.7 Å². The predicted octanol–water partition coefficient (Wildman–Crippen LogP) is 3.03. The lowest BCUT2D eigenvalue weighted by molar-refractivity contribution is -0.133. The third-order valence-electron chi connectivity index (χ3n) is 7.69. The highest BCUT2D eigenvalue weighted by Gasteiger charge is 2.27. The van der Waals surface area contributed by atoms with Gasteiger partial charge < -0.3 is 14.6 Å². The Morgan fingerprint density at radius 3 is 2.35 bits per heavy atom. The van der Waals surface area contributed by atoms with Crippen molar-refractivity contribution in [2.45, 2.75) is 63.8 Å². The fraction of sp³-hybridized carbons (Fsp3) is 0.615. The maximum atomic E-state index is 12.7. The largest absolute Gasteiger partial charge is 0.493 e. The van der Waals surface area contributed by atoms with Crippen LogP contribution < -0.4 is 10.3 Å². The highest BCUT2D eigenvalue weighted by Crippen LogP contribution is 2.28. The molecule has 182 valence electrons. The monoisotopic (exact) mass is 465 g/mol. The summed E-state index contributed by atoms with van der Waals surface area (Å²) in [5.41, 5.74) is 0.805. The molecule has 8 nitrogen and oxygen atoms in total. The molecule has 0 bridgehead atoms. The maximum Gasteiger partial charge on any atom is 0.273 e. The summed E-state index contributed by atoms with van der Waals surface area (Å²) in [6.07, 6.45) is 9.66. The standard InChI is InChI=1S/C26H35N5O3/c32-24(31-16-14-30(15-17-31)21-6-1-2-7-21)13-12-23-26(33)27-25(29-28-23)20-8-10-22(11-9-20)34-18-19-4-3-5-19/h8-11,19,21H,1-7,12-18H2,(H,27,29,33). The fourth-order valence-electron chi connectivity index (χ4n) is 5.23. The zero-order valence-corrected chi connectivity index (χ0v) is 19.9. The van der Waals surface area contributed by atoms with E-state index in [1.54, 1.807) is 0 Å². The molecule has 2 saturated carbocycles. The zero-order valence-electron chi connectivity index (χ0n) is 19.9. The second-order valence-electron chi connectivity index (χ2n) is 9.94. The van der Waals surface area contributed by atoms with Gasteiger partial charge in [0.2, 0.25) is 5.91 Å². The van der Waals surface area contributed by atoms with Crippen molar-refractivity contribution < 1.29 is 9.53 Å². The van der Waals surface area contributed by atoms with Crippen LogP contribution >= 0.6 is 0 Å². The van der Waals surface area contributed by atoms with Crippen molar-refractivity contribution in [3.63, 3.8) is 0 Å². The van der Waals surface area contributed by atoms with E-state index in [0.717, 1.165) is 44.1 Å². The first-order valence-corrected chi connectivity index (χ1v) is 12.9. The number of aryl methyl sites for hydroxylation is 1. The van der Waals surface area contributed by atoms with E-state index in [0.29, 0.717) is 29.9 Å². The molecule has 5 rings (SSSR count). The molecule has 1 aromatic carbocycles. The zero-order chi connectivity index (χ0) is 23.3. The van der Waals surface area contributed by atoms with E-state index >= 15 is 0 Å². The fourth-order valence-corrected chi connectivity index (χ4v) is 5.23. The molecule has 1 amide bonds. The van der Waals surface area contributed by atoms with Gasteiger partial charge in [-0.1, -0.05) is 19.3 Å². The van der Waals surface area contributed by atoms with Crippen LogP contribution in [0.25, 0.3) is 11.4 Å². The van der Waals surface area contributed by atoms with Crippen LogP contribution in [0.5, 0.6) is 5.75 Å². The van der Waals surface area contributed by atoms with Crippen LogP contribution in [0.3, 0.4) is 0 Å². The Labute approximate surface area is 200 Å². The van der Waals surface area contributed by atoms with Crippen LogP contribution in [0.4, 0.5) is 0 Å². The van der Waals surface area contributed by atoms with Crippen molar-refractivity contribution in [1.29, 1.82) is 0 Å². The number of piperazine rings is 1. The first kappa shape index (κ1) is 23.0. The quantitative estimate of drug-likeness (QED) is 0.644. The van der Waals surface area contributed by atoms with Gasteiger partial charge >= 0.3 is 0 Å². The summed E-state index contributed by atoms with van der Waals surface area (Å²) < 4.78 is 5.83. The highest BCUT2D eigenvalue weighted by atomic mass is 16.5. The molecule has 0 atom stereocenters. The Hall–Kier alpha value is -2.74. The molecule has 2 heterocycles. The normalized spacial score (nSPS) is 19.8. The number of rotatable bonds is 8. The molecule has 2 aliphatic carbocycles. The van der Waals surface area contributed by atoms with E-state index in [2.05, 4.69) is 20.1 Å². The van der Waals surface area contributed by atoms with E-state index < -0.39 is 0 Å². The average molecular weight is 466 g/mol. The smallest absolute Gasteiger partial charge is 0.273 e. The van der Waals surface area contributed by atoms with Crippen molar-refractivity contribution in [2.24, 2.45) is 5.92 Å². The van der Waals surface area contributed by atoms with Crippen LogP contribution in [-0.2, 0) is 11.2 Å². The number of nitrogens with one attached hydrogen (secondary N) is 1. The van der Waals surface area contributed by atoms with Gasteiger partial charge in [-0.25, -0.2) is 0 Å². The number of hydrogen-bond donors (Lipinski definition) is 1. The number of ether oxygens (including phenoxy) is 1. The molecule has 0 unspecified atom stereocenters. The highest BCUT2D eigenvalue weighted by molar-refractivity contribution is 5.76. The molecular formula is C26H35N5O3. The second kappa shape index (κ2) is 10.7. The maximum absolute atomic E-state index is 12.7. The van der Waals surface area contributed by atoms with Gasteiger partial charge in [0.15, 0.2) is 5.82 Å². The minimum Gasteiger partial charge on any atom is -0.493 e. The molecule has 1 aromatic heterocycles. The van der Waals surface area contributed by atoms with Crippen LogP contribution in [0.2, 0.25) is 0 Å². The first-order chi connectivity index (χ1) is 16.7. The topological polar surface area (TPSA) is 91.4 Å². The number of aromatic nitrogens is 3. The predicted molar refractivity (Wildman–Crippen MR) is 130 cm³/mol. The van der Waals surface area contributed by atoms with Gasteiger partial charge in [-0.2, -0.15) is 0 Å². The molecule has 0 spiro atoms.